The van der Waals surface area contributed by atoms with Crippen LogP contribution < -0.4 is 10.6 Å². The summed E-state index contributed by atoms with van der Waals surface area (Å²) >= 11 is 0. The molecule has 106 valence electrons. The molecular weight excluding hydrogens is 252 g/mol. The van der Waals surface area contributed by atoms with E-state index in [1.165, 1.54) is 0 Å². The molecule has 20 heavy (non-hydrogen) atoms. The van der Waals surface area contributed by atoms with Gasteiger partial charge in [0.2, 0.25) is 0 Å². The second kappa shape index (κ2) is 6.79. The van der Waals surface area contributed by atoms with Crippen LogP contribution in [0.5, 0.6) is 0 Å². The topological polar surface area (TPSA) is 75.6 Å². The first-order chi connectivity index (χ1) is 9.74. The molecule has 0 radical (unpaired) electrons. The zero-order chi connectivity index (χ0) is 14.4. The Morgan fingerprint density at radius 3 is 2.45 bits per heavy atom. The van der Waals surface area contributed by atoms with Crippen LogP contribution in [0.25, 0.3) is 0 Å². The van der Waals surface area contributed by atoms with E-state index < -0.39 is 0 Å². The lowest BCUT2D eigenvalue weighted by Gasteiger charge is -2.13. The Morgan fingerprint density at radius 1 is 1.05 bits per heavy atom. The summed E-state index contributed by atoms with van der Waals surface area (Å²) in [5, 5.41) is 6.58. The predicted molar refractivity (Wildman–Crippen MR) is 79.7 cm³/mol. The molecular formula is C14H20N6. The van der Waals surface area contributed by atoms with Crippen molar-refractivity contribution in [1.29, 1.82) is 0 Å². The molecule has 0 fully saturated rings. The van der Waals surface area contributed by atoms with Crippen LogP contribution >= 0.6 is 0 Å². The maximum atomic E-state index is 4.37. The SMILES string of the molecule is CCNc1ncnc(NCc2ccnc(C)n2)c1CC. The largest absolute Gasteiger partial charge is 0.370 e. The molecule has 0 aliphatic carbocycles. The van der Waals surface area contributed by atoms with E-state index >= 15 is 0 Å². The average Bonchev–Trinajstić information content (AvgIpc) is 2.45. The molecule has 0 aliphatic rings. The number of aromatic nitrogens is 4. The fraction of sp³-hybridized carbons (Fsp3) is 0.429. The van der Waals surface area contributed by atoms with Crippen LogP contribution in [-0.2, 0) is 13.0 Å². The van der Waals surface area contributed by atoms with Crippen LogP contribution in [0, 0.1) is 6.92 Å². The van der Waals surface area contributed by atoms with Gasteiger partial charge in [-0.05, 0) is 26.3 Å². The highest BCUT2D eigenvalue weighted by Crippen LogP contribution is 2.20. The number of nitrogens with one attached hydrogen (secondary N) is 2. The quantitative estimate of drug-likeness (QED) is 0.839. The van der Waals surface area contributed by atoms with Crippen molar-refractivity contribution in [3.63, 3.8) is 0 Å². The van der Waals surface area contributed by atoms with E-state index in [4.69, 9.17) is 0 Å². The van der Waals surface area contributed by atoms with Gasteiger partial charge in [0.05, 0.1) is 12.2 Å². The number of rotatable bonds is 6. The maximum absolute atomic E-state index is 4.37. The van der Waals surface area contributed by atoms with Crippen LogP contribution in [0.2, 0.25) is 0 Å². The molecule has 6 nitrogen and oxygen atoms in total. The summed E-state index contributed by atoms with van der Waals surface area (Å²) in [6.07, 6.45) is 4.21. The van der Waals surface area contributed by atoms with Crippen molar-refractivity contribution in [3.8, 4) is 0 Å². The number of nitrogens with zero attached hydrogens (tertiary/aromatic N) is 4. The molecule has 0 spiro atoms. The molecule has 0 aromatic carbocycles. The number of hydrogen-bond acceptors (Lipinski definition) is 6. The fourth-order valence-electron chi connectivity index (χ4n) is 2.00. The Morgan fingerprint density at radius 2 is 1.80 bits per heavy atom. The molecule has 0 saturated heterocycles. The lowest BCUT2D eigenvalue weighted by molar-refractivity contribution is 0.937. The summed E-state index contributed by atoms with van der Waals surface area (Å²) in [4.78, 5) is 17.1. The van der Waals surface area contributed by atoms with Crippen LogP contribution in [-0.4, -0.2) is 26.5 Å². The Hall–Kier alpha value is -2.24. The maximum Gasteiger partial charge on any atom is 0.135 e. The zero-order valence-corrected chi connectivity index (χ0v) is 12.1. The smallest absolute Gasteiger partial charge is 0.135 e. The Kier molecular flexibility index (Phi) is 4.81. The van der Waals surface area contributed by atoms with Gasteiger partial charge in [0, 0.05) is 18.3 Å². The highest BCUT2D eigenvalue weighted by atomic mass is 15.1. The lowest BCUT2D eigenvalue weighted by Crippen LogP contribution is -2.10. The number of anilines is 2. The Bertz CT molecular complexity index is 569. The van der Waals surface area contributed by atoms with Crippen molar-refractivity contribution >= 4 is 11.6 Å². The van der Waals surface area contributed by atoms with Gasteiger partial charge in [0.1, 0.15) is 23.8 Å². The molecule has 2 aromatic rings. The monoisotopic (exact) mass is 272 g/mol. The van der Waals surface area contributed by atoms with Crippen LogP contribution in [0.1, 0.15) is 30.9 Å². The van der Waals surface area contributed by atoms with E-state index in [0.717, 1.165) is 41.7 Å². The lowest BCUT2D eigenvalue weighted by atomic mass is 10.2. The molecule has 0 atom stereocenters. The van der Waals surface area contributed by atoms with Crippen LogP contribution in [0.3, 0.4) is 0 Å². The molecule has 2 heterocycles. The fourth-order valence-corrected chi connectivity index (χ4v) is 2.00. The van der Waals surface area contributed by atoms with E-state index in [-0.39, 0.29) is 0 Å². The molecule has 6 heteroatoms. The first kappa shape index (κ1) is 14.2. The van der Waals surface area contributed by atoms with E-state index in [1.807, 2.05) is 13.0 Å². The molecule has 0 unspecified atom stereocenters. The summed E-state index contributed by atoms with van der Waals surface area (Å²) in [5.41, 5.74) is 2.04. The van der Waals surface area contributed by atoms with E-state index in [2.05, 4.69) is 44.4 Å². The van der Waals surface area contributed by atoms with Gasteiger partial charge < -0.3 is 10.6 Å². The zero-order valence-electron chi connectivity index (χ0n) is 12.1. The average molecular weight is 272 g/mol. The van der Waals surface area contributed by atoms with Crippen molar-refractivity contribution in [2.24, 2.45) is 0 Å². The predicted octanol–water partition coefficient (Wildman–Crippen LogP) is 2.18. The first-order valence-corrected chi connectivity index (χ1v) is 6.84. The molecule has 0 amide bonds. The van der Waals surface area contributed by atoms with Crippen LogP contribution in [0.4, 0.5) is 11.6 Å². The molecule has 2 N–H and O–H groups in total. The van der Waals surface area contributed by atoms with E-state index in [1.54, 1.807) is 12.5 Å². The van der Waals surface area contributed by atoms with Gasteiger partial charge in [-0.25, -0.2) is 19.9 Å². The van der Waals surface area contributed by atoms with Gasteiger partial charge in [-0.1, -0.05) is 6.92 Å². The molecule has 2 aromatic heterocycles. The molecule has 0 aliphatic heterocycles. The van der Waals surface area contributed by atoms with Gasteiger partial charge in [-0.3, -0.25) is 0 Å². The van der Waals surface area contributed by atoms with Crippen molar-refractivity contribution in [2.45, 2.75) is 33.7 Å². The summed E-state index contributed by atoms with van der Waals surface area (Å²) in [6, 6.07) is 1.90. The Labute approximate surface area is 119 Å². The van der Waals surface area contributed by atoms with E-state index in [0.29, 0.717) is 6.54 Å². The summed E-state index contributed by atoms with van der Waals surface area (Å²) in [5.74, 6) is 2.53. The molecule has 0 bridgehead atoms. The number of hydrogen-bond donors (Lipinski definition) is 2. The standard InChI is InChI=1S/C14H20N6/c1-4-12-13(15-5-2)18-9-19-14(12)17-8-11-6-7-16-10(3)20-11/h6-7,9H,4-5,8H2,1-3H3,(H2,15,17,18,19). The minimum atomic E-state index is 0.624. The van der Waals surface area contributed by atoms with Crippen molar-refractivity contribution in [3.05, 3.63) is 35.7 Å². The van der Waals surface area contributed by atoms with Gasteiger partial charge >= 0.3 is 0 Å². The third-order valence-corrected chi connectivity index (χ3v) is 2.91. The number of aryl methyl sites for hydroxylation is 1. The van der Waals surface area contributed by atoms with Crippen molar-refractivity contribution in [2.75, 3.05) is 17.2 Å². The highest BCUT2D eigenvalue weighted by molar-refractivity contribution is 5.57. The molecule has 2 rings (SSSR count). The normalized spacial score (nSPS) is 10.3. The molecule has 0 saturated carbocycles. The Balaban J connectivity index is 2.14. The van der Waals surface area contributed by atoms with Crippen LogP contribution in [0.15, 0.2) is 18.6 Å². The minimum absolute atomic E-state index is 0.624. The van der Waals surface area contributed by atoms with Gasteiger partial charge in [-0.2, -0.15) is 0 Å². The summed E-state index contributed by atoms with van der Waals surface area (Å²) in [7, 11) is 0. The second-order valence-corrected chi connectivity index (χ2v) is 4.38. The van der Waals surface area contributed by atoms with Gasteiger partial charge in [0.15, 0.2) is 0 Å². The van der Waals surface area contributed by atoms with E-state index in [9.17, 15) is 0 Å². The highest BCUT2D eigenvalue weighted by Gasteiger charge is 2.09. The first-order valence-electron chi connectivity index (χ1n) is 6.84. The van der Waals surface area contributed by atoms with Crippen molar-refractivity contribution < 1.29 is 0 Å². The summed E-state index contributed by atoms with van der Waals surface area (Å²) < 4.78 is 0. The minimum Gasteiger partial charge on any atom is -0.370 e. The van der Waals surface area contributed by atoms with Crippen molar-refractivity contribution in [1.82, 2.24) is 19.9 Å². The third-order valence-electron chi connectivity index (χ3n) is 2.91. The van der Waals surface area contributed by atoms with Gasteiger partial charge in [-0.15, -0.1) is 0 Å². The third kappa shape index (κ3) is 3.40. The summed E-state index contributed by atoms with van der Waals surface area (Å²) in [6.45, 7) is 7.50. The van der Waals surface area contributed by atoms with Gasteiger partial charge in [0.25, 0.3) is 0 Å². The second-order valence-electron chi connectivity index (χ2n) is 4.38.